The normalized spacial score (nSPS) is 10.8. The number of hydrogen-bond donors (Lipinski definition) is 1. The van der Waals surface area contributed by atoms with Crippen LogP contribution in [0.4, 0.5) is 14.5 Å². The van der Waals surface area contributed by atoms with Crippen LogP contribution in [0, 0.1) is 11.6 Å². The van der Waals surface area contributed by atoms with Crippen LogP contribution in [0.5, 0.6) is 0 Å². The van der Waals surface area contributed by atoms with Gasteiger partial charge >= 0.3 is 0 Å². The Kier molecular flexibility index (Phi) is 5.39. The molecule has 0 aliphatic heterocycles. The van der Waals surface area contributed by atoms with Gasteiger partial charge in [0.2, 0.25) is 5.91 Å². The van der Waals surface area contributed by atoms with Gasteiger partial charge < -0.3 is 14.4 Å². The maximum atomic E-state index is 13.6. The molecule has 3 aromatic rings. The quantitative estimate of drug-likeness (QED) is 0.717. The third-order valence-corrected chi connectivity index (χ3v) is 3.69. The van der Waals surface area contributed by atoms with Gasteiger partial charge in [0.1, 0.15) is 18.2 Å². The number of halogens is 2. The van der Waals surface area contributed by atoms with Crippen molar-refractivity contribution in [1.82, 2.24) is 14.7 Å². The Bertz CT molecular complexity index is 1030. The first-order valence-corrected chi connectivity index (χ1v) is 8.24. The number of anilines is 1. The van der Waals surface area contributed by atoms with Crippen molar-refractivity contribution in [3.63, 3.8) is 0 Å². The summed E-state index contributed by atoms with van der Waals surface area (Å²) < 4.78 is 33.1. The van der Waals surface area contributed by atoms with Crippen LogP contribution < -0.4 is 10.9 Å². The maximum Gasteiger partial charge on any atom is 0.259 e. The first kappa shape index (κ1) is 18.4. The molecule has 0 saturated carbocycles. The van der Waals surface area contributed by atoms with E-state index in [-0.39, 0.29) is 11.6 Å². The summed E-state index contributed by atoms with van der Waals surface area (Å²) >= 11 is 0. The number of rotatable bonds is 6. The van der Waals surface area contributed by atoms with Crippen LogP contribution in [0.2, 0.25) is 0 Å². The number of carbonyl (C=O) groups excluding carboxylic acids is 1. The zero-order chi connectivity index (χ0) is 19.4. The van der Waals surface area contributed by atoms with Crippen LogP contribution >= 0.6 is 0 Å². The number of aryl methyl sites for hydroxylation is 1. The largest absolute Gasteiger partial charge is 0.334 e. The Morgan fingerprint density at radius 2 is 2.07 bits per heavy atom. The van der Waals surface area contributed by atoms with E-state index in [0.717, 1.165) is 29.2 Å². The van der Waals surface area contributed by atoms with Crippen LogP contribution in [0.3, 0.4) is 0 Å². The molecule has 140 valence electrons. The van der Waals surface area contributed by atoms with Crippen molar-refractivity contribution in [1.29, 1.82) is 0 Å². The van der Waals surface area contributed by atoms with E-state index < -0.39 is 29.6 Å². The molecular formula is C18H16F2N4O3. The molecule has 27 heavy (non-hydrogen) atoms. The average Bonchev–Trinajstić information content (AvgIpc) is 3.09. The third kappa shape index (κ3) is 4.43. The van der Waals surface area contributed by atoms with Gasteiger partial charge in [-0.1, -0.05) is 12.1 Å². The lowest BCUT2D eigenvalue weighted by Gasteiger charge is -2.09. The molecule has 9 heteroatoms. The molecule has 0 bridgehead atoms. The molecular weight excluding hydrogens is 358 g/mol. The number of carbonyl (C=O) groups is 1. The van der Waals surface area contributed by atoms with Gasteiger partial charge in [0.25, 0.3) is 11.4 Å². The number of benzene rings is 1. The Hall–Kier alpha value is -3.36. The van der Waals surface area contributed by atoms with E-state index in [1.54, 1.807) is 0 Å². The summed E-state index contributed by atoms with van der Waals surface area (Å²) in [5, 5.41) is 6.08. The predicted octanol–water partition coefficient (Wildman–Crippen LogP) is 2.77. The van der Waals surface area contributed by atoms with Crippen molar-refractivity contribution >= 4 is 11.6 Å². The molecule has 0 unspecified atom stereocenters. The molecule has 0 saturated heterocycles. The summed E-state index contributed by atoms with van der Waals surface area (Å²) in [6.07, 6.45) is 2.91. The van der Waals surface area contributed by atoms with E-state index >= 15 is 0 Å². The van der Waals surface area contributed by atoms with Gasteiger partial charge in [0.05, 0.1) is 11.3 Å². The third-order valence-electron chi connectivity index (χ3n) is 3.69. The van der Waals surface area contributed by atoms with E-state index in [9.17, 15) is 18.4 Å². The van der Waals surface area contributed by atoms with Gasteiger partial charge in [0.15, 0.2) is 5.82 Å². The van der Waals surface area contributed by atoms with Crippen molar-refractivity contribution in [3.8, 4) is 11.5 Å². The van der Waals surface area contributed by atoms with Crippen molar-refractivity contribution in [2.24, 2.45) is 0 Å². The standard InChI is InChI=1S/C18H16F2N4O3/c1-2-3-15-22-18(27-23-15)11-4-7-17(26)24(9-11)10-16(25)21-14-8-12(19)5-6-13(14)20/h4-9H,2-3,10H2,1H3,(H,21,25). The molecule has 7 nitrogen and oxygen atoms in total. The highest BCUT2D eigenvalue weighted by Crippen LogP contribution is 2.17. The van der Waals surface area contributed by atoms with Crippen molar-refractivity contribution in [2.45, 2.75) is 26.3 Å². The highest BCUT2D eigenvalue weighted by molar-refractivity contribution is 5.90. The monoisotopic (exact) mass is 374 g/mol. The molecule has 0 aliphatic carbocycles. The zero-order valence-corrected chi connectivity index (χ0v) is 14.4. The highest BCUT2D eigenvalue weighted by Gasteiger charge is 2.13. The Morgan fingerprint density at radius 1 is 1.26 bits per heavy atom. The second-order valence-corrected chi connectivity index (χ2v) is 5.82. The summed E-state index contributed by atoms with van der Waals surface area (Å²) in [4.78, 5) is 28.3. The van der Waals surface area contributed by atoms with Gasteiger partial charge in [-0.05, 0) is 24.6 Å². The van der Waals surface area contributed by atoms with Crippen LogP contribution in [0.1, 0.15) is 19.2 Å². The van der Waals surface area contributed by atoms with Gasteiger partial charge in [-0.15, -0.1) is 0 Å². The zero-order valence-electron chi connectivity index (χ0n) is 14.4. The maximum absolute atomic E-state index is 13.6. The van der Waals surface area contributed by atoms with Crippen LogP contribution in [-0.2, 0) is 17.8 Å². The summed E-state index contributed by atoms with van der Waals surface area (Å²) in [7, 11) is 0. The van der Waals surface area contributed by atoms with Gasteiger partial charge in [-0.3, -0.25) is 9.59 Å². The van der Waals surface area contributed by atoms with E-state index in [0.29, 0.717) is 17.8 Å². The molecule has 2 heterocycles. The second kappa shape index (κ2) is 7.90. The number of aromatic nitrogens is 3. The topological polar surface area (TPSA) is 90.0 Å². The van der Waals surface area contributed by atoms with Crippen LogP contribution in [0.15, 0.2) is 45.8 Å². The minimum atomic E-state index is -0.778. The fraction of sp³-hybridized carbons (Fsp3) is 0.222. The molecule has 1 amide bonds. The van der Waals surface area contributed by atoms with E-state index in [4.69, 9.17) is 4.52 Å². The molecule has 0 spiro atoms. The SMILES string of the molecule is CCCc1noc(-c2ccc(=O)n(CC(=O)Nc3cc(F)ccc3F)c2)n1. The number of hydrogen-bond acceptors (Lipinski definition) is 5. The summed E-state index contributed by atoms with van der Waals surface area (Å²) in [6, 6.07) is 5.47. The number of nitrogens with zero attached hydrogens (tertiary/aromatic N) is 3. The lowest BCUT2D eigenvalue weighted by Crippen LogP contribution is -2.27. The van der Waals surface area contributed by atoms with E-state index in [1.807, 2.05) is 6.92 Å². The first-order chi connectivity index (χ1) is 13.0. The van der Waals surface area contributed by atoms with Crippen molar-refractivity contribution < 1.29 is 18.1 Å². The van der Waals surface area contributed by atoms with Gasteiger partial charge in [0, 0.05) is 24.8 Å². The first-order valence-electron chi connectivity index (χ1n) is 8.24. The Morgan fingerprint density at radius 3 is 2.85 bits per heavy atom. The second-order valence-electron chi connectivity index (χ2n) is 5.82. The average molecular weight is 374 g/mol. The number of amides is 1. The fourth-order valence-corrected chi connectivity index (χ4v) is 2.42. The van der Waals surface area contributed by atoms with Crippen molar-refractivity contribution in [3.05, 3.63) is 64.3 Å². The van der Waals surface area contributed by atoms with E-state index in [2.05, 4.69) is 15.5 Å². The minimum absolute atomic E-state index is 0.226. The van der Waals surface area contributed by atoms with Crippen molar-refractivity contribution in [2.75, 3.05) is 5.32 Å². The molecule has 3 rings (SSSR count). The minimum Gasteiger partial charge on any atom is -0.334 e. The van der Waals surface area contributed by atoms with Crippen LogP contribution in [0.25, 0.3) is 11.5 Å². The molecule has 0 fully saturated rings. The lowest BCUT2D eigenvalue weighted by atomic mass is 10.2. The predicted molar refractivity (Wildman–Crippen MR) is 93.0 cm³/mol. The molecule has 0 radical (unpaired) electrons. The number of pyridine rings is 1. The lowest BCUT2D eigenvalue weighted by molar-refractivity contribution is -0.116. The molecule has 1 N–H and O–H groups in total. The molecule has 1 aromatic carbocycles. The summed E-state index contributed by atoms with van der Waals surface area (Å²) in [5.41, 5.74) is -0.276. The number of nitrogens with one attached hydrogen (secondary N) is 1. The highest BCUT2D eigenvalue weighted by atomic mass is 19.1. The van der Waals surface area contributed by atoms with Gasteiger partial charge in [-0.25, -0.2) is 8.78 Å². The Balaban J connectivity index is 1.78. The summed E-state index contributed by atoms with van der Waals surface area (Å²) in [5.74, 6) is -1.38. The summed E-state index contributed by atoms with van der Waals surface area (Å²) in [6.45, 7) is 1.59. The molecule has 0 aliphatic rings. The molecule has 2 aromatic heterocycles. The fourth-order valence-electron chi connectivity index (χ4n) is 2.42. The molecule has 0 atom stereocenters. The van der Waals surface area contributed by atoms with Gasteiger partial charge in [-0.2, -0.15) is 4.98 Å². The Labute approximate surface area is 152 Å². The van der Waals surface area contributed by atoms with Crippen LogP contribution in [-0.4, -0.2) is 20.6 Å². The smallest absolute Gasteiger partial charge is 0.259 e. The van der Waals surface area contributed by atoms with E-state index in [1.165, 1.54) is 18.3 Å².